The van der Waals surface area contributed by atoms with E-state index in [1.807, 2.05) is 27.7 Å². The molecule has 0 bridgehead atoms. The molecule has 0 amide bonds. The Kier molecular flexibility index (Phi) is 3.73. The van der Waals surface area contributed by atoms with Gasteiger partial charge in [0, 0.05) is 5.56 Å². The molecule has 0 aliphatic carbocycles. The first-order valence-electron chi connectivity index (χ1n) is 5.21. The lowest BCUT2D eigenvalue weighted by atomic mass is 9.94. The van der Waals surface area contributed by atoms with Crippen molar-refractivity contribution in [2.45, 2.75) is 34.1 Å². The predicted molar refractivity (Wildman–Crippen MR) is 64.5 cm³/mol. The van der Waals surface area contributed by atoms with Gasteiger partial charge in [-0.05, 0) is 49.9 Å². The Morgan fingerprint density at radius 1 is 1.19 bits per heavy atom. The van der Waals surface area contributed by atoms with Crippen molar-refractivity contribution in [1.82, 2.24) is 0 Å². The highest BCUT2D eigenvalue weighted by Gasteiger charge is 2.05. The standard InChI is InChI=1S/C14H16O2/c1-9-8-10(2)12(4)13(11(9)3)6-5-7-14(15)16/h8H,7H2,1-4H3,(H,15,16). The van der Waals surface area contributed by atoms with Gasteiger partial charge in [0.1, 0.15) is 6.42 Å². The Bertz CT molecular complexity index is 461. The average molecular weight is 216 g/mol. The van der Waals surface area contributed by atoms with Crippen molar-refractivity contribution in [2.24, 2.45) is 0 Å². The predicted octanol–water partition coefficient (Wildman–Crippen LogP) is 2.75. The minimum atomic E-state index is -0.882. The summed E-state index contributed by atoms with van der Waals surface area (Å²) in [7, 11) is 0. The van der Waals surface area contributed by atoms with Crippen LogP contribution in [0, 0.1) is 39.5 Å². The summed E-state index contributed by atoms with van der Waals surface area (Å²) in [4.78, 5) is 10.4. The normalized spacial score (nSPS) is 9.50. The van der Waals surface area contributed by atoms with Gasteiger partial charge in [0.25, 0.3) is 0 Å². The van der Waals surface area contributed by atoms with Crippen LogP contribution in [0.5, 0.6) is 0 Å². The van der Waals surface area contributed by atoms with Crippen LogP contribution in [0.3, 0.4) is 0 Å². The molecule has 1 rings (SSSR count). The number of aryl methyl sites for hydroxylation is 2. The SMILES string of the molecule is Cc1cc(C)c(C)c(C#CCC(=O)O)c1C. The molecule has 0 aliphatic heterocycles. The molecule has 16 heavy (non-hydrogen) atoms. The van der Waals surface area contributed by atoms with Crippen molar-refractivity contribution in [3.63, 3.8) is 0 Å². The van der Waals surface area contributed by atoms with Crippen molar-refractivity contribution >= 4 is 5.97 Å². The van der Waals surface area contributed by atoms with Gasteiger partial charge in [-0.25, -0.2) is 0 Å². The number of carboxylic acid groups (broad SMARTS) is 1. The quantitative estimate of drug-likeness (QED) is 0.733. The van der Waals surface area contributed by atoms with Crippen LogP contribution in [-0.4, -0.2) is 11.1 Å². The molecule has 0 saturated carbocycles. The molecular formula is C14H16O2. The van der Waals surface area contributed by atoms with Gasteiger partial charge in [0.15, 0.2) is 0 Å². The maximum absolute atomic E-state index is 10.4. The van der Waals surface area contributed by atoms with Crippen molar-refractivity contribution in [1.29, 1.82) is 0 Å². The Balaban J connectivity index is 3.20. The molecule has 0 heterocycles. The molecule has 0 aromatic heterocycles. The van der Waals surface area contributed by atoms with Crippen LogP contribution in [0.1, 0.15) is 34.2 Å². The first kappa shape index (κ1) is 12.3. The number of aliphatic carboxylic acids is 1. The number of rotatable bonds is 1. The van der Waals surface area contributed by atoms with Crippen LogP contribution in [0.4, 0.5) is 0 Å². The second kappa shape index (κ2) is 4.85. The van der Waals surface area contributed by atoms with Crippen LogP contribution in [0.25, 0.3) is 0 Å². The minimum Gasteiger partial charge on any atom is -0.481 e. The molecule has 0 unspecified atom stereocenters. The third kappa shape index (κ3) is 2.64. The van der Waals surface area contributed by atoms with Gasteiger partial charge >= 0.3 is 5.97 Å². The van der Waals surface area contributed by atoms with E-state index >= 15 is 0 Å². The highest BCUT2D eigenvalue weighted by molar-refractivity contribution is 5.70. The van der Waals surface area contributed by atoms with E-state index in [0.29, 0.717) is 0 Å². The van der Waals surface area contributed by atoms with Gasteiger partial charge < -0.3 is 5.11 Å². The summed E-state index contributed by atoms with van der Waals surface area (Å²) >= 11 is 0. The first-order valence-corrected chi connectivity index (χ1v) is 5.21. The molecule has 2 nitrogen and oxygen atoms in total. The van der Waals surface area contributed by atoms with Gasteiger partial charge in [-0.2, -0.15) is 0 Å². The third-order valence-corrected chi connectivity index (χ3v) is 2.82. The minimum absolute atomic E-state index is 0.105. The topological polar surface area (TPSA) is 37.3 Å². The summed E-state index contributed by atoms with van der Waals surface area (Å²) < 4.78 is 0. The molecule has 1 N–H and O–H groups in total. The van der Waals surface area contributed by atoms with E-state index in [1.54, 1.807) is 0 Å². The summed E-state index contributed by atoms with van der Waals surface area (Å²) in [6.45, 7) is 8.13. The van der Waals surface area contributed by atoms with E-state index in [-0.39, 0.29) is 6.42 Å². The maximum Gasteiger partial charge on any atom is 0.315 e. The smallest absolute Gasteiger partial charge is 0.315 e. The van der Waals surface area contributed by atoms with E-state index in [0.717, 1.165) is 16.7 Å². The van der Waals surface area contributed by atoms with E-state index < -0.39 is 5.97 Å². The Morgan fingerprint density at radius 3 is 2.12 bits per heavy atom. The fourth-order valence-corrected chi connectivity index (χ4v) is 1.61. The average Bonchev–Trinajstić information content (AvgIpc) is 2.20. The highest BCUT2D eigenvalue weighted by Crippen LogP contribution is 2.20. The first-order chi connectivity index (χ1) is 7.43. The molecule has 84 valence electrons. The zero-order valence-corrected chi connectivity index (χ0v) is 10.1. The van der Waals surface area contributed by atoms with E-state index in [4.69, 9.17) is 5.11 Å². The summed E-state index contributed by atoms with van der Waals surface area (Å²) in [6, 6.07) is 2.13. The van der Waals surface area contributed by atoms with Gasteiger partial charge in [-0.3, -0.25) is 4.79 Å². The lowest BCUT2D eigenvalue weighted by molar-refractivity contribution is -0.135. The molecular weight excluding hydrogens is 200 g/mol. The van der Waals surface area contributed by atoms with Crippen LogP contribution < -0.4 is 0 Å². The molecule has 1 aromatic rings. The molecule has 0 atom stereocenters. The molecule has 2 heteroatoms. The summed E-state index contributed by atoms with van der Waals surface area (Å²) in [5.41, 5.74) is 5.64. The van der Waals surface area contributed by atoms with Crippen molar-refractivity contribution < 1.29 is 9.90 Å². The lowest BCUT2D eigenvalue weighted by Crippen LogP contribution is -1.96. The van der Waals surface area contributed by atoms with Crippen molar-refractivity contribution in [2.75, 3.05) is 0 Å². The zero-order valence-electron chi connectivity index (χ0n) is 10.1. The zero-order chi connectivity index (χ0) is 12.3. The summed E-state index contributed by atoms with van der Waals surface area (Å²) in [5, 5.41) is 8.54. The van der Waals surface area contributed by atoms with E-state index in [1.165, 1.54) is 11.1 Å². The number of hydrogen-bond donors (Lipinski definition) is 1. The Labute approximate surface area is 96.3 Å². The summed E-state index contributed by atoms with van der Waals surface area (Å²) in [6.07, 6.45) is -0.105. The molecule has 1 aromatic carbocycles. The van der Waals surface area contributed by atoms with Gasteiger partial charge in [-0.1, -0.05) is 17.9 Å². The third-order valence-electron chi connectivity index (χ3n) is 2.82. The maximum atomic E-state index is 10.4. The second-order valence-electron chi connectivity index (χ2n) is 4.01. The lowest BCUT2D eigenvalue weighted by Gasteiger charge is -2.10. The molecule has 0 fully saturated rings. The van der Waals surface area contributed by atoms with Crippen molar-refractivity contribution in [3.8, 4) is 11.8 Å². The molecule has 0 saturated heterocycles. The van der Waals surface area contributed by atoms with Gasteiger partial charge in [0.2, 0.25) is 0 Å². The van der Waals surface area contributed by atoms with Gasteiger partial charge in [0.05, 0.1) is 0 Å². The van der Waals surface area contributed by atoms with Gasteiger partial charge in [-0.15, -0.1) is 0 Å². The second-order valence-corrected chi connectivity index (χ2v) is 4.01. The highest BCUT2D eigenvalue weighted by atomic mass is 16.4. The van der Waals surface area contributed by atoms with E-state index in [9.17, 15) is 4.79 Å². The molecule has 0 spiro atoms. The monoisotopic (exact) mass is 216 g/mol. The Hall–Kier alpha value is -1.75. The van der Waals surface area contributed by atoms with E-state index in [2.05, 4.69) is 17.9 Å². The summed E-state index contributed by atoms with van der Waals surface area (Å²) in [5.74, 6) is 4.77. The fraction of sp³-hybridized carbons (Fsp3) is 0.357. The number of carbonyl (C=O) groups is 1. The van der Waals surface area contributed by atoms with Crippen molar-refractivity contribution in [3.05, 3.63) is 33.9 Å². The molecule has 0 radical (unpaired) electrons. The van der Waals surface area contributed by atoms with Crippen LogP contribution in [-0.2, 0) is 4.79 Å². The fourth-order valence-electron chi connectivity index (χ4n) is 1.61. The number of benzene rings is 1. The number of carboxylic acids is 1. The number of hydrogen-bond acceptors (Lipinski definition) is 1. The molecule has 0 aliphatic rings. The van der Waals surface area contributed by atoms with Crippen LogP contribution in [0.15, 0.2) is 6.07 Å². The van der Waals surface area contributed by atoms with Crippen LogP contribution >= 0.6 is 0 Å². The van der Waals surface area contributed by atoms with Crippen LogP contribution in [0.2, 0.25) is 0 Å². The Morgan fingerprint density at radius 2 is 1.69 bits per heavy atom. The largest absolute Gasteiger partial charge is 0.481 e.